The average molecular weight is 130 g/mol. The number of hydrogen-bond donors (Lipinski definition) is 1. The molecule has 0 unspecified atom stereocenters. The van der Waals surface area contributed by atoms with Crippen LogP contribution in [-0.4, -0.2) is 16.6 Å². The summed E-state index contributed by atoms with van der Waals surface area (Å²) in [6.45, 7) is 0.133. The maximum Gasteiger partial charge on any atom is 0.441 e. The van der Waals surface area contributed by atoms with Gasteiger partial charge >= 0.3 is 18.2 Å². The zero-order valence-corrected chi connectivity index (χ0v) is 4.16. The molecule has 0 bridgehead atoms. The SMILES string of the molecule is O=COc1noc(=O)[nH]1. The number of carbonyl (C=O) groups is 1. The van der Waals surface area contributed by atoms with Gasteiger partial charge in [0, 0.05) is 0 Å². The van der Waals surface area contributed by atoms with Crippen molar-refractivity contribution in [3.05, 3.63) is 10.6 Å². The number of rotatable bonds is 2. The van der Waals surface area contributed by atoms with E-state index < -0.39 is 5.76 Å². The zero-order valence-electron chi connectivity index (χ0n) is 4.16. The molecule has 0 fully saturated rings. The summed E-state index contributed by atoms with van der Waals surface area (Å²) in [6.07, 6.45) is 0. The quantitative estimate of drug-likeness (QED) is 0.513. The molecule has 6 nitrogen and oxygen atoms in total. The summed E-state index contributed by atoms with van der Waals surface area (Å²) in [5.74, 6) is -0.758. The van der Waals surface area contributed by atoms with E-state index >= 15 is 0 Å². The maximum atomic E-state index is 10.1. The number of ether oxygens (including phenoxy) is 1. The highest BCUT2D eigenvalue weighted by molar-refractivity contribution is 5.40. The van der Waals surface area contributed by atoms with Crippen LogP contribution < -0.4 is 10.5 Å². The smallest absolute Gasteiger partial charge is 0.392 e. The molecule has 1 aromatic rings. The number of aromatic nitrogens is 2. The van der Waals surface area contributed by atoms with E-state index in [2.05, 4.69) is 14.4 Å². The van der Waals surface area contributed by atoms with Gasteiger partial charge in [-0.05, 0) is 5.16 Å². The predicted molar refractivity (Wildman–Crippen MR) is 23.8 cm³/mol. The van der Waals surface area contributed by atoms with Gasteiger partial charge in [0.2, 0.25) is 0 Å². The number of aromatic amines is 1. The van der Waals surface area contributed by atoms with Crippen molar-refractivity contribution in [2.45, 2.75) is 0 Å². The Balaban J connectivity index is 2.84. The number of H-pyrrole nitrogens is 1. The fourth-order valence-electron chi connectivity index (χ4n) is 0.312. The lowest BCUT2D eigenvalue weighted by atomic mass is 11.2. The fourth-order valence-corrected chi connectivity index (χ4v) is 0.312. The third kappa shape index (κ3) is 1.15. The largest absolute Gasteiger partial charge is 0.441 e. The van der Waals surface area contributed by atoms with E-state index in [0.29, 0.717) is 0 Å². The summed E-state index contributed by atoms with van der Waals surface area (Å²) in [4.78, 5) is 21.6. The minimum Gasteiger partial charge on any atom is -0.392 e. The highest BCUT2D eigenvalue weighted by Gasteiger charge is 1.96. The Morgan fingerprint density at radius 3 is 3.00 bits per heavy atom. The first-order valence-electron chi connectivity index (χ1n) is 1.99. The molecule has 0 spiro atoms. The van der Waals surface area contributed by atoms with Gasteiger partial charge in [0.1, 0.15) is 0 Å². The van der Waals surface area contributed by atoms with Crippen LogP contribution in [0.5, 0.6) is 6.01 Å². The van der Waals surface area contributed by atoms with Crippen LogP contribution in [0.3, 0.4) is 0 Å². The molecule has 0 aliphatic carbocycles. The number of carbonyl (C=O) groups excluding carboxylic acids is 1. The summed E-state index contributed by atoms with van der Waals surface area (Å²) in [6, 6.07) is -0.241. The summed E-state index contributed by atoms with van der Waals surface area (Å²) in [5, 5.41) is 3.01. The molecular weight excluding hydrogens is 128 g/mol. The Hall–Kier alpha value is -1.59. The van der Waals surface area contributed by atoms with Crippen LogP contribution >= 0.6 is 0 Å². The van der Waals surface area contributed by atoms with E-state index in [4.69, 9.17) is 0 Å². The maximum absolute atomic E-state index is 10.1. The minimum absolute atomic E-state index is 0.133. The Bertz CT molecular complexity index is 248. The molecule has 6 heteroatoms. The summed E-state index contributed by atoms with van der Waals surface area (Å²) < 4.78 is 8.06. The standard InChI is InChI=1S/C3H2N2O4/c6-1-8-2-4-3(7)9-5-2/h1H,(H,4,5,7). The van der Waals surface area contributed by atoms with Crippen molar-refractivity contribution in [3.63, 3.8) is 0 Å². The van der Waals surface area contributed by atoms with Crippen molar-refractivity contribution in [2.75, 3.05) is 0 Å². The van der Waals surface area contributed by atoms with Crippen LogP contribution in [0.1, 0.15) is 0 Å². The first kappa shape index (κ1) is 5.54. The topological polar surface area (TPSA) is 85.2 Å². The lowest BCUT2D eigenvalue weighted by Gasteiger charge is -1.80. The van der Waals surface area contributed by atoms with Gasteiger partial charge in [0.25, 0.3) is 0 Å². The Morgan fingerprint density at radius 1 is 1.78 bits per heavy atom. The third-order valence-electron chi connectivity index (χ3n) is 0.580. The second-order valence-corrected chi connectivity index (χ2v) is 1.11. The second kappa shape index (κ2) is 2.12. The summed E-state index contributed by atoms with van der Waals surface area (Å²) in [5.41, 5.74) is 0. The van der Waals surface area contributed by atoms with Crippen molar-refractivity contribution in [1.29, 1.82) is 0 Å². The van der Waals surface area contributed by atoms with E-state index in [-0.39, 0.29) is 12.5 Å². The van der Waals surface area contributed by atoms with E-state index in [1.807, 2.05) is 4.98 Å². The van der Waals surface area contributed by atoms with E-state index in [0.717, 1.165) is 0 Å². The lowest BCUT2D eigenvalue weighted by Crippen LogP contribution is -1.96. The highest BCUT2D eigenvalue weighted by atomic mass is 16.6. The fraction of sp³-hybridized carbons (Fsp3) is 0. The predicted octanol–water partition coefficient (Wildman–Crippen LogP) is -1.10. The van der Waals surface area contributed by atoms with Crippen LogP contribution in [-0.2, 0) is 4.79 Å². The van der Waals surface area contributed by atoms with Gasteiger partial charge in [-0.25, -0.2) is 9.78 Å². The molecule has 0 amide bonds. The Kier molecular flexibility index (Phi) is 1.31. The van der Waals surface area contributed by atoms with Gasteiger partial charge in [0.15, 0.2) is 0 Å². The van der Waals surface area contributed by atoms with Crippen LogP contribution in [0.15, 0.2) is 9.32 Å². The monoisotopic (exact) mass is 130 g/mol. The van der Waals surface area contributed by atoms with Crippen molar-refractivity contribution in [1.82, 2.24) is 10.1 Å². The van der Waals surface area contributed by atoms with E-state index in [1.54, 1.807) is 0 Å². The van der Waals surface area contributed by atoms with Gasteiger partial charge in [0.05, 0.1) is 0 Å². The number of nitrogens with zero attached hydrogens (tertiary/aromatic N) is 1. The summed E-state index contributed by atoms with van der Waals surface area (Å²) >= 11 is 0. The normalized spacial score (nSPS) is 8.89. The van der Waals surface area contributed by atoms with Gasteiger partial charge in [-0.1, -0.05) is 0 Å². The van der Waals surface area contributed by atoms with Gasteiger partial charge in [-0.15, -0.1) is 0 Å². The minimum atomic E-state index is -0.758. The molecule has 0 saturated carbocycles. The third-order valence-corrected chi connectivity index (χ3v) is 0.580. The molecular formula is C3H2N2O4. The first-order chi connectivity index (χ1) is 4.33. The molecule has 0 saturated heterocycles. The molecule has 1 aromatic heterocycles. The van der Waals surface area contributed by atoms with E-state index in [9.17, 15) is 9.59 Å². The Morgan fingerprint density at radius 2 is 2.56 bits per heavy atom. The van der Waals surface area contributed by atoms with Crippen LogP contribution in [0.2, 0.25) is 0 Å². The van der Waals surface area contributed by atoms with Gasteiger partial charge < -0.3 is 4.74 Å². The molecule has 0 radical (unpaired) electrons. The molecule has 0 aliphatic rings. The Labute approximate surface area is 48.4 Å². The van der Waals surface area contributed by atoms with Gasteiger partial charge in [-0.3, -0.25) is 9.32 Å². The van der Waals surface area contributed by atoms with Crippen molar-refractivity contribution in [3.8, 4) is 6.01 Å². The van der Waals surface area contributed by atoms with Crippen molar-refractivity contribution < 1.29 is 14.1 Å². The molecule has 0 aliphatic heterocycles. The van der Waals surface area contributed by atoms with Crippen LogP contribution in [0.4, 0.5) is 0 Å². The van der Waals surface area contributed by atoms with E-state index in [1.165, 1.54) is 0 Å². The van der Waals surface area contributed by atoms with Crippen LogP contribution in [0.25, 0.3) is 0 Å². The zero-order chi connectivity index (χ0) is 6.69. The van der Waals surface area contributed by atoms with Crippen molar-refractivity contribution in [2.24, 2.45) is 0 Å². The molecule has 1 N–H and O–H groups in total. The molecule has 1 rings (SSSR count). The average Bonchev–Trinajstić information content (AvgIpc) is 2.17. The molecule has 48 valence electrons. The highest BCUT2D eigenvalue weighted by Crippen LogP contribution is 1.90. The van der Waals surface area contributed by atoms with Crippen LogP contribution in [0, 0.1) is 0 Å². The van der Waals surface area contributed by atoms with Crippen molar-refractivity contribution >= 4 is 6.47 Å². The molecule has 0 atom stereocenters. The van der Waals surface area contributed by atoms with Gasteiger partial charge in [-0.2, -0.15) is 0 Å². The summed E-state index contributed by atoms with van der Waals surface area (Å²) in [7, 11) is 0. The molecule has 9 heavy (non-hydrogen) atoms. The second-order valence-electron chi connectivity index (χ2n) is 1.11. The molecule has 0 aromatic carbocycles. The lowest BCUT2D eigenvalue weighted by molar-refractivity contribution is -0.121. The number of hydrogen-bond acceptors (Lipinski definition) is 5. The molecule has 1 heterocycles. The number of nitrogens with one attached hydrogen (secondary N) is 1. The first-order valence-corrected chi connectivity index (χ1v) is 1.99.